The molecular weight excluding hydrogens is 417 g/mol. The molecule has 3 N–H and O–H groups in total. The van der Waals surface area contributed by atoms with Gasteiger partial charge in [-0.2, -0.15) is 10.2 Å². The van der Waals surface area contributed by atoms with E-state index in [2.05, 4.69) is 30.9 Å². The first-order valence-corrected chi connectivity index (χ1v) is 10.7. The zero-order chi connectivity index (χ0) is 22.3. The van der Waals surface area contributed by atoms with Gasteiger partial charge in [0.15, 0.2) is 11.6 Å². The fraction of sp³-hybridized carbons (Fsp3) is 0.524. The average molecular weight is 443 g/mol. The van der Waals surface area contributed by atoms with E-state index in [-0.39, 0.29) is 17.9 Å². The molecule has 0 spiro atoms. The molecule has 32 heavy (non-hydrogen) atoms. The molecule has 3 atom stereocenters. The molecule has 2 saturated carbocycles. The Bertz CT molecular complexity index is 1130. The highest BCUT2D eigenvalue weighted by molar-refractivity contribution is 5.72. The molecular formula is C21H26FN7O3. The predicted octanol–water partition coefficient (Wildman–Crippen LogP) is 3.21. The molecule has 5 rings (SSSR count). The number of hydrogen-bond acceptors (Lipinski definition) is 7. The van der Waals surface area contributed by atoms with Gasteiger partial charge in [0.25, 0.3) is 0 Å². The van der Waals surface area contributed by atoms with E-state index in [4.69, 9.17) is 9.47 Å². The second kappa shape index (κ2) is 8.05. The van der Waals surface area contributed by atoms with Crippen molar-refractivity contribution < 1.29 is 18.7 Å². The maximum atomic E-state index is 14.5. The van der Waals surface area contributed by atoms with Crippen LogP contribution in [0.3, 0.4) is 0 Å². The van der Waals surface area contributed by atoms with Crippen LogP contribution in [0.2, 0.25) is 0 Å². The summed E-state index contributed by atoms with van der Waals surface area (Å²) in [6.07, 6.45) is 3.42. The first kappa shape index (κ1) is 20.7. The molecule has 0 unspecified atom stereocenters. The molecule has 2 fully saturated rings. The number of nitrogens with one attached hydrogen (secondary N) is 3. The zero-order valence-corrected chi connectivity index (χ0v) is 18.0. The molecule has 0 aliphatic heterocycles. The van der Waals surface area contributed by atoms with Crippen molar-refractivity contribution in [2.75, 3.05) is 12.4 Å². The van der Waals surface area contributed by atoms with Gasteiger partial charge in [-0.1, -0.05) is 0 Å². The van der Waals surface area contributed by atoms with E-state index in [1.807, 2.05) is 19.1 Å². The molecule has 0 aromatic carbocycles. The fourth-order valence-electron chi connectivity index (χ4n) is 4.07. The number of rotatable bonds is 7. The van der Waals surface area contributed by atoms with Crippen molar-refractivity contribution in [3.8, 4) is 0 Å². The third-order valence-electron chi connectivity index (χ3n) is 6.11. The maximum Gasteiger partial charge on any atom is 0.407 e. The van der Waals surface area contributed by atoms with Crippen LogP contribution in [0, 0.1) is 0 Å². The molecule has 170 valence electrons. The molecule has 10 nitrogen and oxygen atoms in total. The Kier molecular flexibility index (Phi) is 5.20. The van der Waals surface area contributed by atoms with Crippen molar-refractivity contribution in [1.29, 1.82) is 0 Å². The number of aromatic nitrogens is 5. The van der Waals surface area contributed by atoms with Gasteiger partial charge >= 0.3 is 6.09 Å². The van der Waals surface area contributed by atoms with Crippen LogP contribution >= 0.6 is 0 Å². The number of aromatic amines is 1. The SMILES string of the molecule is COCc1cc2c(Nc3cc([C@@H]4C[C@H](OC(=O)NC5(C)CC5)[C@@H](F)C4)[nH]n3)nccn2n1. The highest BCUT2D eigenvalue weighted by atomic mass is 19.1. The molecule has 0 saturated heterocycles. The summed E-state index contributed by atoms with van der Waals surface area (Å²) < 4.78 is 26.8. The number of alkyl carbamates (subject to hydrolysis) is 1. The smallest absolute Gasteiger partial charge is 0.407 e. The van der Waals surface area contributed by atoms with Crippen LogP contribution in [0.5, 0.6) is 0 Å². The van der Waals surface area contributed by atoms with Crippen LogP contribution in [0.15, 0.2) is 24.5 Å². The molecule has 1 amide bonds. The van der Waals surface area contributed by atoms with Gasteiger partial charge in [0, 0.05) is 42.7 Å². The Morgan fingerprint density at radius 2 is 2.22 bits per heavy atom. The van der Waals surface area contributed by atoms with E-state index in [1.54, 1.807) is 24.0 Å². The van der Waals surface area contributed by atoms with Crippen LogP contribution in [-0.2, 0) is 16.1 Å². The minimum atomic E-state index is -1.21. The molecule has 11 heteroatoms. The van der Waals surface area contributed by atoms with E-state index < -0.39 is 18.4 Å². The molecule has 0 bridgehead atoms. The normalized spacial score (nSPS) is 23.9. The summed E-state index contributed by atoms with van der Waals surface area (Å²) in [5.41, 5.74) is 2.17. The molecule has 2 aliphatic carbocycles. The Balaban J connectivity index is 1.24. The predicted molar refractivity (Wildman–Crippen MR) is 113 cm³/mol. The second-order valence-corrected chi connectivity index (χ2v) is 8.82. The van der Waals surface area contributed by atoms with Crippen molar-refractivity contribution in [2.24, 2.45) is 0 Å². The number of fused-ring (bicyclic) bond motifs is 1. The lowest BCUT2D eigenvalue weighted by Crippen LogP contribution is -2.38. The van der Waals surface area contributed by atoms with Crippen LogP contribution in [0.1, 0.15) is 49.9 Å². The van der Waals surface area contributed by atoms with Gasteiger partial charge < -0.3 is 20.1 Å². The Morgan fingerprint density at radius 3 is 3.00 bits per heavy atom. The van der Waals surface area contributed by atoms with E-state index in [9.17, 15) is 9.18 Å². The molecule has 2 aliphatic rings. The number of amides is 1. The summed E-state index contributed by atoms with van der Waals surface area (Å²) in [5.74, 6) is 1.05. The summed E-state index contributed by atoms with van der Waals surface area (Å²) in [6, 6.07) is 3.73. The van der Waals surface area contributed by atoms with Gasteiger partial charge in [-0.3, -0.25) is 5.10 Å². The number of halogens is 1. The van der Waals surface area contributed by atoms with Crippen LogP contribution < -0.4 is 10.6 Å². The maximum absolute atomic E-state index is 14.5. The zero-order valence-electron chi connectivity index (χ0n) is 18.0. The van der Waals surface area contributed by atoms with Crippen LogP contribution in [0.4, 0.5) is 20.8 Å². The summed E-state index contributed by atoms with van der Waals surface area (Å²) >= 11 is 0. The summed E-state index contributed by atoms with van der Waals surface area (Å²) in [4.78, 5) is 16.4. The first-order chi connectivity index (χ1) is 15.4. The van der Waals surface area contributed by atoms with Crippen LogP contribution in [-0.4, -0.2) is 55.8 Å². The number of alkyl halides is 1. The minimum absolute atomic E-state index is 0.116. The largest absolute Gasteiger partial charge is 0.443 e. The monoisotopic (exact) mass is 443 g/mol. The van der Waals surface area contributed by atoms with Gasteiger partial charge in [0.2, 0.25) is 0 Å². The highest BCUT2D eigenvalue weighted by Gasteiger charge is 2.42. The van der Waals surface area contributed by atoms with Gasteiger partial charge in [0.05, 0.1) is 12.3 Å². The number of ether oxygens (including phenoxy) is 2. The number of methoxy groups -OCH3 is 1. The van der Waals surface area contributed by atoms with Crippen molar-refractivity contribution in [1.82, 2.24) is 30.1 Å². The lowest BCUT2D eigenvalue weighted by molar-refractivity contribution is 0.0583. The van der Waals surface area contributed by atoms with Crippen molar-refractivity contribution in [3.05, 3.63) is 35.9 Å². The van der Waals surface area contributed by atoms with E-state index in [0.717, 1.165) is 29.7 Å². The Labute approximate surface area is 183 Å². The summed E-state index contributed by atoms with van der Waals surface area (Å²) in [7, 11) is 1.62. The van der Waals surface area contributed by atoms with Crippen molar-refractivity contribution in [2.45, 2.75) is 62.9 Å². The lowest BCUT2D eigenvalue weighted by Gasteiger charge is -2.17. The summed E-state index contributed by atoms with van der Waals surface area (Å²) in [5, 5.41) is 17.7. The Hall–Kier alpha value is -3.21. The molecule has 3 aromatic rings. The van der Waals surface area contributed by atoms with E-state index >= 15 is 0 Å². The van der Waals surface area contributed by atoms with E-state index in [0.29, 0.717) is 24.7 Å². The number of anilines is 2. The standard InChI is InChI=1S/C21H26FN7O3/c1-21(3-4-21)25-20(30)32-17-8-12(7-14(17)22)15-10-18(27-26-15)24-19-16-9-13(11-31-2)28-29(16)6-5-23-19/h5-6,9-10,12,14,17H,3-4,7-8,11H2,1-2H3,(H,25,30)(H2,23,24,26,27)/t12-,14-,17-/m0/s1. The van der Waals surface area contributed by atoms with Crippen molar-refractivity contribution in [3.63, 3.8) is 0 Å². The number of carbonyl (C=O) groups is 1. The Morgan fingerprint density at radius 1 is 1.38 bits per heavy atom. The lowest BCUT2D eigenvalue weighted by atomic mass is 10.0. The quantitative estimate of drug-likeness (QED) is 0.513. The minimum Gasteiger partial charge on any atom is -0.443 e. The number of carbonyl (C=O) groups excluding carboxylic acids is 1. The first-order valence-electron chi connectivity index (χ1n) is 10.7. The highest BCUT2D eigenvalue weighted by Crippen LogP contribution is 2.39. The van der Waals surface area contributed by atoms with E-state index in [1.165, 1.54) is 0 Å². The van der Waals surface area contributed by atoms with Gasteiger partial charge in [-0.05, 0) is 38.7 Å². The molecule has 3 heterocycles. The molecule has 3 aromatic heterocycles. The van der Waals surface area contributed by atoms with Gasteiger partial charge in [-0.25, -0.2) is 18.7 Å². The number of H-pyrrole nitrogens is 1. The number of nitrogens with zero attached hydrogens (tertiary/aromatic N) is 4. The van der Waals surface area contributed by atoms with Gasteiger partial charge in [0.1, 0.15) is 17.8 Å². The number of hydrogen-bond donors (Lipinski definition) is 3. The van der Waals surface area contributed by atoms with Gasteiger partial charge in [-0.15, -0.1) is 0 Å². The third-order valence-corrected chi connectivity index (χ3v) is 6.11. The fourth-order valence-corrected chi connectivity index (χ4v) is 4.07. The topological polar surface area (TPSA) is 118 Å². The third kappa shape index (κ3) is 4.24. The summed E-state index contributed by atoms with van der Waals surface area (Å²) in [6.45, 7) is 2.36. The average Bonchev–Trinajstić information content (AvgIpc) is 3.12. The second-order valence-electron chi connectivity index (χ2n) is 8.82. The van der Waals surface area contributed by atoms with Crippen molar-refractivity contribution >= 4 is 23.2 Å². The molecule has 0 radical (unpaired) electrons. The van der Waals surface area contributed by atoms with Crippen LogP contribution in [0.25, 0.3) is 5.52 Å².